The Labute approximate surface area is 196 Å². The van der Waals surface area contributed by atoms with Crippen molar-refractivity contribution in [1.29, 1.82) is 0 Å². The number of hydrogen-bond acceptors (Lipinski definition) is 6. The summed E-state index contributed by atoms with van der Waals surface area (Å²) in [4.78, 5) is 38.0. The number of nitro benzene ring substituents is 1. The van der Waals surface area contributed by atoms with Gasteiger partial charge in [-0.3, -0.25) is 24.8 Å². The van der Waals surface area contributed by atoms with Gasteiger partial charge in [-0.05, 0) is 24.1 Å². The summed E-state index contributed by atoms with van der Waals surface area (Å²) in [6.07, 6.45) is 1.11. The van der Waals surface area contributed by atoms with Crippen molar-refractivity contribution in [1.82, 2.24) is 20.4 Å². The van der Waals surface area contributed by atoms with Crippen LogP contribution in [-0.4, -0.2) is 52.0 Å². The molecule has 4 rings (SSSR count). The summed E-state index contributed by atoms with van der Waals surface area (Å²) in [5, 5.41) is 21.2. The van der Waals surface area contributed by atoms with Crippen LogP contribution in [0.15, 0.2) is 48.5 Å². The van der Waals surface area contributed by atoms with E-state index in [4.69, 9.17) is 4.74 Å². The summed E-state index contributed by atoms with van der Waals surface area (Å²) in [7, 11) is 1.61. The number of para-hydroxylation sites is 1. The Morgan fingerprint density at radius 3 is 2.71 bits per heavy atom. The number of hydrogen-bond donors (Lipinski definition) is 2. The van der Waals surface area contributed by atoms with E-state index in [2.05, 4.69) is 15.5 Å². The van der Waals surface area contributed by atoms with Crippen LogP contribution in [0.4, 0.5) is 5.69 Å². The number of aromatic amines is 1. The smallest absolute Gasteiger partial charge is 0.273 e. The molecule has 0 fully saturated rings. The van der Waals surface area contributed by atoms with Gasteiger partial charge in [0, 0.05) is 48.9 Å². The Bertz CT molecular complexity index is 1200. The largest absolute Gasteiger partial charge is 0.497 e. The molecule has 2 N–H and O–H groups in total. The van der Waals surface area contributed by atoms with E-state index in [1.165, 1.54) is 6.07 Å². The van der Waals surface area contributed by atoms with Crippen molar-refractivity contribution in [2.45, 2.75) is 25.8 Å². The molecular formula is C24H25N5O5. The number of benzene rings is 2. The molecule has 10 heteroatoms. The van der Waals surface area contributed by atoms with Gasteiger partial charge in [-0.1, -0.05) is 30.3 Å². The summed E-state index contributed by atoms with van der Waals surface area (Å²) in [6, 6.07) is 13.9. The highest BCUT2D eigenvalue weighted by Gasteiger charge is 2.28. The molecule has 176 valence electrons. The minimum Gasteiger partial charge on any atom is -0.497 e. The van der Waals surface area contributed by atoms with E-state index in [-0.39, 0.29) is 36.2 Å². The van der Waals surface area contributed by atoms with E-state index in [0.717, 1.165) is 17.0 Å². The minimum absolute atomic E-state index is 0.0752. The van der Waals surface area contributed by atoms with Crippen molar-refractivity contribution < 1.29 is 19.2 Å². The van der Waals surface area contributed by atoms with E-state index in [1.54, 1.807) is 30.2 Å². The number of ether oxygens (including phenoxy) is 1. The molecule has 0 saturated carbocycles. The molecule has 0 spiro atoms. The zero-order valence-electron chi connectivity index (χ0n) is 18.7. The van der Waals surface area contributed by atoms with Gasteiger partial charge in [-0.25, -0.2) is 0 Å². The van der Waals surface area contributed by atoms with Crippen LogP contribution in [0.3, 0.4) is 0 Å². The van der Waals surface area contributed by atoms with Crippen LogP contribution in [0.1, 0.15) is 32.9 Å². The molecule has 2 amide bonds. The number of H-pyrrole nitrogens is 1. The first-order valence-electron chi connectivity index (χ1n) is 10.9. The van der Waals surface area contributed by atoms with Crippen molar-refractivity contribution >= 4 is 17.5 Å². The molecule has 0 radical (unpaired) electrons. The number of carbonyl (C=O) groups is 2. The monoisotopic (exact) mass is 463 g/mol. The number of methoxy groups -OCH3 is 1. The SMILES string of the molecule is COc1ccc(CCNC(=O)c2n[nH]c3c2CN(C(=O)Cc2ccccc2[N+](=O)[O-])CC3)cc1. The molecule has 10 nitrogen and oxygen atoms in total. The fraction of sp³-hybridized carbons (Fsp3) is 0.292. The van der Waals surface area contributed by atoms with E-state index in [1.807, 2.05) is 24.3 Å². The third kappa shape index (κ3) is 5.06. The summed E-state index contributed by atoms with van der Waals surface area (Å²) in [5.74, 6) is 0.239. The van der Waals surface area contributed by atoms with Gasteiger partial charge >= 0.3 is 0 Å². The highest BCUT2D eigenvalue weighted by Crippen LogP contribution is 2.23. The average molecular weight is 463 g/mol. The number of fused-ring (bicyclic) bond motifs is 1. The number of nitrogens with one attached hydrogen (secondary N) is 2. The third-order valence-corrected chi connectivity index (χ3v) is 5.89. The highest BCUT2D eigenvalue weighted by molar-refractivity contribution is 5.94. The van der Waals surface area contributed by atoms with Gasteiger partial charge in [0.2, 0.25) is 5.91 Å². The van der Waals surface area contributed by atoms with E-state index in [9.17, 15) is 19.7 Å². The van der Waals surface area contributed by atoms with E-state index >= 15 is 0 Å². The van der Waals surface area contributed by atoms with E-state index < -0.39 is 4.92 Å². The van der Waals surface area contributed by atoms with Gasteiger partial charge in [-0.15, -0.1) is 0 Å². The first kappa shape index (κ1) is 23.0. The Morgan fingerprint density at radius 1 is 1.21 bits per heavy atom. The number of nitro groups is 1. The summed E-state index contributed by atoms with van der Waals surface area (Å²) < 4.78 is 5.15. The van der Waals surface area contributed by atoms with Crippen molar-refractivity contribution in [2.75, 3.05) is 20.2 Å². The number of carbonyl (C=O) groups excluding carboxylic acids is 2. The lowest BCUT2D eigenvalue weighted by molar-refractivity contribution is -0.385. The molecule has 1 aliphatic rings. The fourth-order valence-corrected chi connectivity index (χ4v) is 4.01. The lowest BCUT2D eigenvalue weighted by atomic mass is 10.0. The average Bonchev–Trinajstić information content (AvgIpc) is 3.28. The maximum Gasteiger partial charge on any atom is 0.273 e. The summed E-state index contributed by atoms with van der Waals surface area (Å²) >= 11 is 0. The predicted molar refractivity (Wildman–Crippen MR) is 124 cm³/mol. The highest BCUT2D eigenvalue weighted by atomic mass is 16.6. The number of nitrogens with zero attached hydrogens (tertiary/aromatic N) is 3. The van der Waals surface area contributed by atoms with Crippen molar-refractivity contribution in [3.63, 3.8) is 0 Å². The maximum atomic E-state index is 12.9. The molecule has 0 unspecified atom stereocenters. The quantitative estimate of drug-likeness (QED) is 0.390. The maximum absolute atomic E-state index is 12.9. The number of aromatic nitrogens is 2. The minimum atomic E-state index is -0.485. The molecule has 0 bridgehead atoms. The topological polar surface area (TPSA) is 130 Å². The molecule has 0 atom stereocenters. The second-order valence-electron chi connectivity index (χ2n) is 8.01. The van der Waals surface area contributed by atoms with Gasteiger partial charge in [0.1, 0.15) is 5.75 Å². The van der Waals surface area contributed by atoms with Crippen molar-refractivity contribution in [3.8, 4) is 5.75 Å². The van der Waals surface area contributed by atoms with Crippen LogP contribution < -0.4 is 10.1 Å². The summed E-state index contributed by atoms with van der Waals surface area (Å²) in [6.45, 7) is 1.12. The zero-order valence-corrected chi connectivity index (χ0v) is 18.7. The van der Waals surface area contributed by atoms with Crippen LogP contribution in [0.25, 0.3) is 0 Å². The first-order chi connectivity index (χ1) is 16.5. The van der Waals surface area contributed by atoms with Crippen molar-refractivity contribution in [2.24, 2.45) is 0 Å². The van der Waals surface area contributed by atoms with Crippen LogP contribution in [0, 0.1) is 10.1 Å². The number of rotatable bonds is 8. The van der Waals surface area contributed by atoms with Gasteiger partial charge in [0.05, 0.1) is 18.5 Å². The van der Waals surface area contributed by atoms with Gasteiger partial charge in [0.15, 0.2) is 5.69 Å². The van der Waals surface area contributed by atoms with E-state index in [0.29, 0.717) is 37.1 Å². The standard InChI is InChI=1S/C24H25N5O5/c1-34-18-8-6-16(7-9-18)10-12-25-24(31)23-19-15-28(13-11-20(19)26-27-23)22(30)14-17-4-2-3-5-21(17)29(32)33/h2-9H,10-15H2,1H3,(H,25,31)(H,26,27). The zero-order chi connectivity index (χ0) is 24.1. The molecule has 3 aromatic rings. The van der Waals surface area contributed by atoms with Crippen LogP contribution in [0.5, 0.6) is 5.75 Å². The lowest BCUT2D eigenvalue weighted by Gasteiger charge is -2.27. The number of amides is 2. The molecule has 34 heavy (non-hydrogen) atoms. The van der Waals surface area contributed by atoms with Crippen LogP contribution in [0.2, 0.25) is 0 Å². The second-order valence-corrected chi connectivity index (χ2v) is 8.01. The lowest BCUT2D eigenvalue weighted by Crippen LogP contribution is -2.38. The Hall–Kier alpha value is -4.21. The van der Waals surface area contributed by atoms with Crippen molar-refractivity contribution in [3.05, 3.63) is 86.7 Å². The third-order valence-electron chi connectivity index (χ3n) is 5.89. The Morgan fingerprint density at radius 2 is 1.97 bits per heavy atom. The van der Waals surface area contributed by atoms with Crippen LogP contribution in [-0.2, 0) is 30.6 Å². The molecule has 1 aromatic heterocycles. The second kappa shape index (κ2) is 10.2. The van der Waals surface area contributed by atoms with Gasteiger partial charge in [-0.2, -0.15) is 5.10 Å². The Balaban J connectivity index is 1.38. The molecule has 0 aliphatic carbocycles. The first-order valence-corrected chi connectivity index (χ1v) is 10.9. The van der Waals surface area contributed by atoms with Gasteiger partial charge in [0.25, 0.3) is 11.6 Å². The predicted octanol–water partition coefficient (Wildman–Crippen LogP) is 2.43. The molecule has 2 heterocycles. The molecule has 1 aliphatic heterocycles. The fourth-order valence-electron chi connectivity index (χ4n) is 4.01. The summed E-state index contributed by atoms with van der Waals surface area (Å²) in [5.41, 5.74) is 3.14. The molecule has 0 saturated heterocycles. The Kier molecular flexibility index (Phi) is 6.86. The van der Waals surface area contributed by atoms with Gasteiger partial charge < -0.3 is 15.0 Å². The normalized spacial score (nSPS) is 12.7. The molecular weight excluding hydrogens is 438 g/mol. The van der Waals surface area contributed by atoms with Crippen LogP contribution >= 0.6 is 0 Å². The molecule has 2 aromatic carbocycles.